The van der Waals surface area contributed by atoms with Crippen molar-refractivity contribution < 1.29 is 8.78 Å². The first-order valence-electron chi connectivity index (χ1n) is 8.66. The Bertz CT molecular complexity index is 759. The van der Waals surface area contributed by atoms with E-state index in [9.17, 15) is 8.78 Å². The van der Waals surface area contributed by atoms with Gasteiger partial charge in [0.1, 0.15) is 5.82 Å². The topological polar surface area (TPSA) is 54.8 Å². The van der Waals surface area contributed by atoms with Crippen molar-refractivity contribution in [3.8, 4) is 5.82 Å². The van der Waals surface area contributed by atoms with Crippen molar-refractivity contribution in [2.75, 3.05) is 17.7 Å². The summed E-state index contributed by atoms with van der Waals surface area (Å²) in [5, 5.41) is 11.0. The van der Waals surface area contributed by atoms with Crippen molar-refractivity contribution in [1.29, 1.82) is 0 Å². The van der Waals surface area contributed by atoms with E-state index in [2.05, 4.69) is 15.7 Å². The molecule has 0 unspecified atom stereocenters. The number of hydrogen-bond donors (Lipinski definition) is 2. The highest BCUT2D eigenvalue weighted by molar-refractivity contribution is 5.64. The molecule has 25 heavy (non-hydrogen) atoms. The third kappa shape index (κ3) is 3.75. The lowest BCUT2D eigenvalue weighted by atomic mass is 9.92. The second kappa shape index (κ2) is 6.61. The normalized spacial score (nSPS) is 17.5. The van der Waals surface area contributed by atoms with Crippen molar-refractivity contribution >= 4 is 11.5 Å². The molecule has 136 valence electrons. The third-order valence-electron chi connectivity index (χ3n) is 4.81. The van der Waals surface area contributed by atoms with Gasteiger partial charge in [-0.2, -0.15) is 5.10 Å². The van der Waals surface area contributed by atoms with Gasteiger partial charge >= 0.3 is 0 Å². The molecule has 2 heterocycles. The zero-order chi connectivity index (χ0) is 18.2. The number of hydrogen-bond acceptors (Lipinski definition) is 4. The molecule has 0 bridgehead atoms. The van der Waals surface area contributed by atoms with Gasteiger partial charge in [-0.1, -0.05) is 0 Å². The minimum atomic E-state index is -2.53. The summed E-state index contributed by atoms with van der Waals surface area (Å²) in [6.07, 6.45) is 0.764. The van der Waals surface area contributed by atoms with Crippen LogP contribution in [0, 0.1) is 20.8 Å². The molecule has 7 heteroatoms. The molecule has 0 radical (unpaired) electrons. The number of nitrogens with zero attached hydrogens (tertiary/aromatic N) is 3. The molecule has 1 aliphatic carbocycles. The van der Waals surface area contributed by atoms with Gasteiger partial charge in [-0.3, -0.25) is 0 Å². The fraction of sp³-hybridized carbons (Fsp3) is 0.556. The molecule has 0 spiro atoms. The van der Waals surface area contributed by atoms with Crippen molar-refractivity contribution in [3.05, 3.63) is 29.1 Å². The van der Waals surface area contributed by atoms with Crippen LogP contribution < -0.4 is 10.6 Å². The van der Waals surface area contributed by atoms with Gasteiger partial charge in [-0.15, -0.1) is 0 Å². The maximum Gasteiger partial charge on any atom is 0.248 e. The Hall–Kier alpha value is -2.18. The molecule has 0 saturated heterocycles. The van der Waals surface area contributed by atoms with Crippen molar-refractivity contribution in [2.24, 2.45) is 0 Å². The number of alkyl halides is 2. The first-order valence-corrected chi connectivity index (χ1v) is 8.66. The van der Waals surface area contributed by atoms with Gasteiger partial charge < -0.3 is 10.6 Å². The average molecular weight is 349 g/mol. The molecule has 2 aromatic rings. The van der Waals surface area contributed by atoms with Crippen LogP contribution in [0.1, 0.15) is 42.6 Å². The minimum absolute atomic E-state index is 0.0197. The van der Waals surface area contributed by atoms with Gasteiger partial charge in [0.05, 0.1) is 5.69 Å². The van der Waals surface area contributed by atoms with Crippen LogP contribution in [0.5, 0.6) is 0 Å². The number of aromatic nitrogens is 3. The Morgan fingerprint density at radius 1 is 1.16 bits per heavy atom. The maximum atomic E-state index is 13.4. The highest BCUT2D eigenvalue weighted by Crippen LogP contribution is 2.35. The molecule has 0 atom stereocenters. The number of rotatable bonds is 4. The number of aryl methyl sites for hydroxylation is 2. The third-order valence-corrected chi connectivity index (χ3v) is 4.81. The van der Waals surface area contributed by atoms with E-state index in [0.717, 1.165) is 28.5 Å². The molecule has 5 nitrogen and oxygen atoms in total. The van der Waals surface area contributed by atoms with E-state index in [4.69, 9.17) is 4.98 Å². The smallest absolute Gasteiger partial charge is 0.248 e. The van der Waals surface area contributed by atoms with E-state index in [1.165, 1.54) is 0 Å². The summed E-state index contributed by atoms with van der Waals surface area (Å²) in [6.45, 7) is 5.90. The van der Waals surface area contributed by atoms with Gasteiger partial charge in [-0.25, -0.2) is 18.4 Å². The Morgan fingerprint density at radius 2 is 1.84 bits per heavy atom. The molecule has 2 N–H and O–H groups in total. The molecule has 0 aliphatic heterocycles. The fourth-order valence-electron chi connectivity index (χ4n) is 3.34. The second-order valence-corrected chi connectivity index (χ2v) is 6.87. The van der Waals surface area contributed by atoms with Gasteiger partial charge in [0.15, 0.2) is 5.82 Å². The number of nitrogens with one attached hydrogen (secondary N) is 2. The van der Waals surface area contributed by atoms with Crippen LogP contribution in [-0.2, 0) is 0 Å². The summed E-state index contributed by atoms with van der Waals surface area (Å²) in [5.41, 5.74) is 3.85. The van der Waals surface area contributed by atoms with Crippen LogP contribution in [-0.4, -0.2) is 33.8 Å². The molecule has 1 aliphatic rings. The SMILES string of the molecule is CNc1cc(-n2nc(C)cc2C)nc(NC2CCC(F)(F)CC2)c1C. The molecular formula is C18H25F2N5. The largest absolute Gasteiger partial charge is 0.388 e. The van der Waals surface area contributed by atoms with Gasteiger partial charge in [0.25, 0.3) is 0 Å². The first-order chi connectivity index (χ1) is 11.8. The van der Waals surface area contributed by atoms with Crippen LogP contribution in [0.3, 0.4) is 0 Å². The van der Waals surface area contributed by atoms with Gasteiger partial charge in [0.2, 0.25) is 5.92 Å². The molecule has 2 aromatic heterocycles. The van der Waals surface area contributed by atoms with Crippen LogP contribution >= 0.6 is 0 Å². The summed E-state index contributed by atoms with van der Waals surface area (Å²) in [4.78, 5) is 4.72. The van der Waals surface area contributed by atoms with Crippen LogP contribution in [0.25, 0.3) is 5.82 Å². The molecule has 3 rings (SSSR count). The van der Waals surface area contributed by atoms with E-state index in [-0.39, 0.29) is 18.9 Å². The number of anilines is 2. The predicted octanol–water partition coefficient (Wildman–Crippen LogP) is 4.22. The van der Waals surface area contributed by atoms with Gasteiger partial charge in [-0.05, 0) is 39.7 Å². The van der Waals surface area contributed by atoms with Gasteiger partial charge in [0, 0.05) is 48.9 Å². The Labute approximate surface area is 146 Å². The standard InChI is InChI=1S/C18H25F2N5/c1-11-9-12(2)25(24-11)16-10-15(21-4)13(3)17(23-16)22-14-5-7-18(19,20)8-6-14/h9-10,14H,5-8H2,1-4H3,(H2,21,22,23). The molecule has 0 amide bonds. The minimum Gasteiger partial charge on any atom is -0.388 e. The van der Waals surface area contributed by atoms with Crippen LogP contribution in [0.4, 0.5) is 20.3 Å². The fourth-order valence-corrected chi connectivity index (χ4v) is 3.34. The highest BCUT2D eigenvalue weighted by atomic mass is 19.3. The maximum absolute atomic E-state index is 13.4. The molecule has 1 fully saturated rings. The quantitative estimate of drug-likeness (QED) is 0.868. The van der Waals surface area contributed by atoms with Crippen LogP contribution in [0.2, 0.25) is 0 Å². The van der Waals surface area contributed by atoms with E-state index in [1.54, 1.807) is 4.68 Å². The molecule has 0 aromatic carbocycles. The summed E-state index contributed by atoms with van der Waals surface area (Å²) < 4.78 is 28.6. The van der Waals surface area contributed by atoms with E-state index in [0.29, 0.717) is 18.7 Å². The summed E-state index contributed by atoms with van der Waals surface area (Å²) in [6, 6.07) is 3.97. The van der Waals surface area contributed by atoms with Crippen LogP contribution in [0.15, 0.2) is 12.1 Å². The highest BCUT2D eigenvalue weighted by Gasteiger charge is 2.35. The molecule has 1 saturated carbocycles. The lowest BCUT2D eigenvalue weighted by Gasteiger charge is -2.30. The summed E-state index contributed by atoms with van der Waals surface area (Å²) in [7, 11) is 1.86. The summed E-state index contributed by atoms with van der Waals surface area (Å²) >= 11 is 0. The Morgan fingerprint density at radius 3 is 2.40 bits per heavy atom. The lowest BCUT2D eigenvalue weighted by Crippen LogP contribution is -2.32. The van der Waals surface area contributed by atoms with E-state index in [1.807, 2.05) is 40.0 Å². The monoisotopic (exact) mass is 349 g/mol. The second-order valence-electron chi connectivity index (χ2n) is 6.87. The Balaban J connectivity index is 1.91. The number of halogens is 2. The van der Waals surface area contributed by atoms with Crippen molar-refractivity contribution in [3.63, 3.8) is 0 Å². The Kier molecular flexibility index (Phi) is 4.67. The van der Waals surface area contributed by atoms with Crippen molar-refractivity contribution in [1.82, 2.24) is 14.8 Å². The number of pyridine rings is 1. The molecular weight excluding hydrogens is 324 g/mol. The first kappa shape index (κ1) is 17.6. The average Bonchev–Trinajstić information content (AvgIpc) is 2.89. The summed E-state index contributed by atoms with van der Waals surface area (Å²) in [5.74, 6) is -1.09. The predicted molar refractivity (Wildman–Crippen MR) is 95.9 cm³/mol. The van der Waals surface area contributed by atoms with Crippen molar-refractivity contribution in [2.45, 2.75) is 58.4 Å². The lowest BCUT2D eigenvalue weighted by molar-refractivity contribution is -0.0361. The zero-order valence-electron chi connectivity index (χ0n) is 15.2. The van der Waals surface area contributed by atoms with E-state index < -0.39 is 5.92 Å². The zero-order valence-corrected chi connectivity index (χ0v) is 15.2. The van der Waals surface area contributed by atoms with E-state index >= 15 is 0 Å².